The minimum atomic E-state index is -3.00. The molecule has 1 aromatic rings. The second kappa shape index (κ2) is 8.94. The average Bonchev–Trinajstić information content (AvgIpc) is 2.45. The summed E-state index contributed by atoms with van der Waals surface area (Å²) in [7, 11) is 1.58. The Labute approximate surface area is 138 Å². The predicted molar refractivity (Wildman–Crippen MR) is 89.3 cm³/mol. The number of rotatable bonds is 7. The van der Waals surface area contributed by atoms with Crippen molar-refractivity contribution in [1.82, 2.24) is 0 Å². The molecule has 0 aromatic heterocycles. The number of ether oxygens (including phenoxy) is 2. The Bertz CT molecular complexity index is 515. The van der Waals surface area contributed by atoms with Gasteiger partial charge in [-0.1, -0.05) is 0 Å². The summed E-state index contributed by atoms with van der Waals surface area (Å²) in [5.74, 6) is -0.431. The van der Waals surface area contributed by atoms with Gasteiger partial charge in [-0.2, -0.15) is 0 Å². The Balaban J connectivity index is 3.40. The zero-order valence-electron chi connectivity index (χ0n) is 13.3. The molecule has 1 aromatic carbocycles. The van der Waals surface area contributed by atoms with Crippen molar-refractivity contribution in [3.63, 3.8) is 0 Å². The molecule has 0 fully saturated rings. The molecule has 1 atom stereocenters. The molecule has 7 heteroatoms. The molecular weight excluding hydrogens is 403 g/mol. The molecule has 0 N–H and O–H groups in total. The molecule has 6 nitrogen and oxygen atoms in total. The Morgan fingerprint density at radius 1 is 1.18 bits per heavy atom. The summed E-state index contributed by atoms with van der Waals surface area (Å²) in [4.78, 5) is 22.8. The predicted octanol–water partition coefficient (Wildman–Crippen LogP) is 3.42. The fraction of sp³-hybridized carbons (Fsp3) is 0.467. The summed E-state index contributed by atoms with van der Waals surface area (Å²) >= 11 is -3.00. The zero-order chi connectivity index (χ0) is 16.7. The van der Waals surface area contributed by atoms with E-state index in [0.29, 0.717) is 15.9 Å². The quantitative estimate of drug-likeness (QED) is 0.625. The molecule has 0 heterocycles. The first-order valence-electron chi connectivity index (χ1n) is 6.77. The van der Waals surface area contributed by atoms with Crippen LogP contribution in [0.2, 0.25) is 0 Å². The Morgan fingerprint density at radius 3 is 2.23 bits per heavy atom. The number of methoxy groups -OCH3 is 1. The van der Waals surface area contributed by atoms with Crippen LogP contribution in [0.1, 0.15) is 39.4 Å². The van der Waals surface area contributed by atoms with Crippen LogP contribution in [0.15, 0.2) is 18.2 Å². The minimum absolute atomic E-state index is 0.249. The van der Waals surface area contributed by atoms with Crippen molar-refractivity contribution in [3.05, 3.63) is 27.3 Å². The molecule has 1 rings (SSSR count). The van der Waals surface area contributed by atoms with Crippen molar-refractivity contribution in [2.75, 3.05) is 13.7 Å². The van der Waals surface area contributed by atoms with E-state index >= 15 is 0 Å². The third kappa shape index (κ3) is 5.13. The van der Waals surface area contributed by atoms with Gasteiger partial charge in [-0.3, -0.25) is 0 Å². The van der Waals surface area contributed by atoms with E-state index < -0.39 is 32.6 Å². The van der Waals surface area contributed by atoms with Crippen LogP contribution in [-0.4, -0.2) is 25.7 Å². The van der Waals surface area contributed by atoms with Crippen LogP contribution in [0.4, 0.5) is 0 Å². The first-order valence-corrected chi connectivity index (χ1v) is 9.61. The van der Waals surface area contributed by atoms with Crippen molar-refractivity contribution in [2.24, 2.45) is 0 Å². The van der Waals surface area contributed by atoms with Gasteiger partial charge in [-0.05, 0) is 0 Å². The summed E-state index contributed by atoms with van der Waals surface area (Å²) < 4.78 is 22.2. The number of benzene rings is 1. The van der Waals surface area contributed by atoms with Gasteiger partial charge in [0.1, 0.15) is 0 Å². The number of halogens is 1. The van der Waals surface area contributed by atoms with Gasteiger partial charge in [0.25, 0.3) is 0 Å². The van der Waals surface area contributed by atoms with E-state index in [9.17, 15) is 9.59 Å². The fourth-order valence-electron chi connectivity index (χ4n) is 1.69. The number of hydrogen-bond donors (Lipinski definition) is 0. The van der Waals surface area contributed by atoms with Crippen molar-refractivity contribution >= 4 is 32.6 Å². The van der Waals surface area contributed by atoms with E-state index in [1.54, 1.807) is 13.2 Å². The molecule has 0 aliphatic rings. The Hall–Kier alpha value is -1.35. The molecule has 0 saturated heterocycles. The molecule has 0 bridgehead atoms. The normalized spacial score (nSPS) is 12.3. The molecule has 1 unspecified atom stereocenters. The summed E-state index contributed by atoms with van der Waals surface area (Å²) in [6.45, 7) is 6.74. The molecule has 0 aliphatic carbocycles. The second-order valence-corrected chi connectivity index (χ2v) is 7.52. The summed E-state index contributed by atoms with van der Waals surface area (Å²) in [5, 5.41) is 0. The van der Waals surface area contributed by atoms with Crippen LogP contribution >= 0.6 is 20.6 Å². The van der Waals surface area contributed by atoms with Gasteiger partial charge >= 0.3 is 138 Å². The van der Waals surface area contributed by atoms with E-state index in [0.717, 1.165) is 5.56 Å². The first-order chi connectivity index (χ1) is 10.4. The zero-order valence-corrected chi connectivity index (χ0v) is 15.5. The van der Waals surface area contributed by atoms with E-state index in [1.165, 1.54) is 13.8 Å². The van der Waals surface area contributed by atoms with E-state index in [2.05, 4.69) is 0 Å². The van der Waals surface area contributed by atoms with E-state index in [-0.39, 0.29) is 6.10 Å². The number of hydrogen-bond acceptors (Lipinski definition) is 6. The van der Waals surface area contributed by atoms with Crippen LogP contribution in [0.3, 0.4) is 0 Å². The Morgan fingerprint density at radius 2 is 1.77 bits per heavy atom. The topological polar surface area (TPSA) is 71.1 Å². The average molecular weight is 424 g/mol. The molecule has 0 amide bonds. The first kappa shape index (κ1) is 18.7. The SMILES string of the molecule is CCOc1cccc(C(C)OC)c1I(OC(C)=O)OC(C)=O. The van der Waals surface area contributed by atoms with Crippen LogP contribution in [0.5, 0.6) is 5.75 Å². The Kier molecular flexibility index (Phi) is 7.60. The van der Waals surface area contributed by atoms with Crippen LogP contribution < -0.4 is 4.74 Å². The van der Waals surface area contributed by atoms with E-state index in [4.69, 9.17) is 15.6 Å². The molecule has 22 heavy (non-hydrogen) atoms. The standard InChI is InChI=1S/C15H21IO6/c1-6-20-14-9-7-8-13(10(2)19-5)15(14)16(21-11(3)17)22-12(4)18/h7-10H,6H2,1-5H3. The van der Waals surface area contributed by atoms with Crippen molar-refractivity contribution in [1.29, 1.82) is 0 Å². The summed E-state index contributed by atoms with van der Waals surface area (Å²) in [6.07, 6.45) is -0.249. The van der Waals surface area contributed by atoms with Gasteiger partial charge in [0.15, 0.2) is 0 Å². The molecule has 0 spiro atoms. The third-order valence-electron chi connectivity index (χ3n) is 2.60. The molecule has 0 aliphatic heterocycles. The third-order valence-corrected chi connectivity index (χ3v) is 6.67. The second-order valence-electron chi connectivity index (χ2n) is 4.33. The molecule has 124 valence electrons. The van der Waals surface area contributed by atoms with Gasteiger partial charge in [-0.15, -0.1) is 0 Å². The molecular formula is C15H21IO6. The van der Waals surface area contributed by atoms with Gasteiger partial charge in [0, 0.05) is 0 Å². The maximum absolute atomic E-state index is 11.4. The van der Waals surface area contributed by atoms with Gasteiger partial charge in [0.2, 0.25) is 0 Å². The van der Waals surface area contributed by atoms with Gasteiger partial charge < -0.3 is 0 Å². The van der Waals surface area contributed by atoms with Crippen LogP contribution in [0.25, 0.3) is 0 Å². The monoisotopic (exact) mass is 424 g/mol. The van der Waals surface area contributed by atoms with Crippen molar-refractivity contribution < 1.29 is 25.2 Å². The van der Waals surface area contributed by atoms with Crippen LogP contribution in [-0.2, 0) is 20.5 Å². The van der Waals surface area contributed by atoms with Crippen molar-refractivity contribution in [2.45, 2.75) is 33.8 Å². The van der Waals surface area contributed by atoms with Gasteiger partial charge in [-0.25, -0.2) is 0 Å². The van der Waals surface area contributed by atoms with Crippen molar-refractivity contribution in [3.8, 4) is 5.75 Å². The van der Waals surface area contributed by atoms with Crippen LogP contribution in [0, 0.1) is 3.57 Å². The van der Waals surface area contributed by atoms with E-state index in [1.807, 2.05) is 26.0 Å². The summed E-state index contributed by atoms with van der Waals surface area (Å²) in [6, 6.07) is 5.45. The fourth-order valence-corrected chi connectivity index (χ4v) is 5.24. The number of carbonyl (C=O) groups is 2. The maximum atomic E-state index is 11.4. The summed E-state index contributed by atoms with van der Waals surface area (Å²) in [5.41, 5.74) is 0.793. The number of carbonyl (C=O) groups excluding carboxylic acids is 2. The van der Waals surface area contributed by atoms with Gasteiger partial charge in [0.05, 0.1) is 0 Å². The molecule has 0 radical (unpaired) electrons. The molecule has 0 saturated carbocycles.